The number of ether oxygens (including phenoxy) is 1. The fourth-order valence-corrected chi connectivity index (χ4v) is 1.54. The highest BCUT2D eigenvalue weighted by Gasteiger charge is 2.12. The molecule has 19 heavy (non-hydrogen) atoms. The van der Waals surface area contributed by atoms with Crippen molar-refractivity contribution in [3.8, 4) is 17.2 Å². The molecule has 0 heterocycles. The Labute approximate surface area is 108 Å². The average molecular weight is 262 g/mol. The second kappa shape index (κ2) is 5.39. The topological polar surface area (TPSA) is 66.8 Å². The van der Waals surface area contributed by atoms with Gasteiger partial charge in [-0.3, -0.25) is 4.79 Å². The summed E-state index contributed by atoms with van der Waals surface area (Å²) in [6.45, 7) is -0.332. The standard InChI is InChI=1S/C14H11FO4/c15-9-2-1-3-11(6-9)19-8-14(18)12-5-4-10(16)7-13(12)17/h1-7,16-17H,8H2. The Hall–Kier alpha value is -2.56. The first-order chi connectivity index (χ1) is 9.06. The number of Topliss-reactive ketones (excluding diaryl/α,β-unsaturated/α-hetero) is 1. The molecule has 0 aromatic heterocycles. The zero-order chi connectivity index (χ0) is 13.8. The molecule has 0 aliphatic carbocycles. The van der Waals surface area contributed by atoms with Crippen LogP contribution in [0.25, 0.3) is 0 Å². The molecule has 2 N–H and O–H groups in total. The van der Waals surface area contributed by atoms with Crippen molar-refractivity contribution in [1.82, 2.24) is 0 Å². The molecule has 5 heteroatoms. The molecule has 2 rings (SSSR count). The van der Waals surface area contributed by atoms with Crippen molar-refractivity contribution in [1.29, 1.82) is 0 Å². The number of phenolic OH excluding ortho intramolecular Hbond substituents is 2. The van der Waals surface area contributed by atoms with Gasteiger partial charge < -0.3 is 14.9 Å². The molecule has 2 aromatic rings. The summed E-state index contributed by atoms with van der Waals surface area (Å²) < 4.78 is 18.0. The van der Waals surface area contributed by atoms with E-state index < -0.39 is 11.6 Å². The Kier molecular flexibility index (Phi) is 3.66. The first-order valence-corrected chi connectivity index (χ1v) is 5.50. The zero-order valence-electron chi connectivity index (χ0n) is 9.84. The van der Waals surface area contributed by atoms with E-state index in [-0.39, 0.29) is 29.4 Å². The van der Waals surface area contributed by atoms with Gasteiger partial charge in [0.15, 0.2) is 6.61 Å². The lowest BCUT2D eigenvalue weighted by atomic mass is 10.1. The van der Waals surface area contributed by atoms with Crippen molar-refractivity contribution in [3.63, 3.8) is 0 Å². The van der Waals surface area contributed by atoms with Crippen LogP contribution in [0.5, 0.6) is 17.2 Å². The van der Waals surface area contributed by atoms with Crippen molar-refractivity contribution in [2.45, 2.75) is 0 Å². The minimum Gasteiger partial charge on any atom is -0.508 e. The van der Waals surface area contributed by atoms with E-state index in [2.05, 4.69) is 0 Å². The first-order valence-electron chi connectivity index (χ1n) is 5.50. The molecule has 0 bridgehead atoms. The van der Waals surface area contributed by atoms with Gasteiger partial charge in [0.05, 0.1) is 5.56 Å². The van der Waals surface area contributed by atoms with Crippen molar-refractivity contribution in [3.05, 3.63) is 53.8 Å². The number of halogens is 1. The Morgan fingerprint density at radius 3 is 2.63 bits per heavy atom. The van der Waals surface area contributed by atoms with E-state index in [0.29, 0.717) is 0 Å². The molecule has 0 spiro atoms. The molecule has 2 aromatic carbocycles. The van der Waals surface area contributed by atoms with Gasteiger partial charge in [0.25, 0.3) is 0 Å². The van der Waals surface area contributed by atoms with Crippen LogP contribution >= 0.6 is 0 Å². The van der Waals surface area contributed by atoms with Crippen LogP contribution in [-0.2, 0) is 0 Å². The third kappa shape index (κ3) is 3.22. The molecular weight excluding hydrogens is 251 g/mol. The summed E-state index contributed by atoms with van der Waals surface area (Å²) in [4.78, 5) is 11.8. The Morgan fingerprint density at radius 1 is 1.16 bits per heavy atom. The number of ketones is 1. The van der Waals surface area contributed by atoms with Crippen molar-refractivity contribution >= 4 is 5.78 Å². The highest BCUT2D eigenvalue weighted by atomic mass is 19.1. The quantitative estimate of drug-likeness (QED) is 0.831. The molecule has 0 amide bonds. The van der Waals surface area contributed by atoms with Gasteiger partial charge in [-0.05, 0) is 24.3 Å². The normalized spacial score (nSPS) is 10.2. The number of benzene rings is 2. The lowest BCUT2D eigenvalue weighted by Gasteiger charge is -2.07. The molecule has 0 saturated carbocycles. The maximum Gasteiger partial charge on any atom is 0.203 e. The van der Waals surface area contributed by atoms with E-state index in [1.807, 2.05) is 0 Å². The van der Waals surface area contributed by atoms with Crippen LogP contribution in [0.1, 0.15) is 10.4 Å². The maximum absolute atomic E-state index is 12.9. The number of rotatable bonds is 4. The van der Waals surface area contributed by atoms with Crippen LogP contribution in [0.2, 0.25) is 0 Å². The first kappa shape index (κ1) is 12.9. The molecule has 4 nitrogen and oxygen atoms in total. The largest absolute Gasteiger partial charge is 0.508 e. The smallest absolute Gasteiger partial charge is 0.203 e. The van der Waals surface area contributed by atoms with Crippen LogP contribution in [0, 0.1) is 5.82 Å². The molecule has 0 radical (unpaired) electrons. The summed E-state index contributed by atoms with van der Waals surface area (Å²) >= 11 is 0. The van der Waals surface area contributed by atoms with E-state index in [0.717, 1.165) is 12.1 Å². The molecule has 0 aliphatic heterocycles. The average Bonchev–Trinajstić information content (AvgIpc) is 2.36. The molecule has 0 saturated heterocycles. The lowest BCUT2D eigenvalue weighted by molar-refractivity contribution is 0.0918. The summed E-state index contributed by atoms with van der Waals surface area (Å²) in [5.74, 6) is -1.17. The maximum atomic E-state index is 12.9. The second-order valence-corrected chi connectivity index (χ2v) is 3.87. The number of hydrogen-bond donors (Lipinski definition) is 2. The lowest BCUT2D eigenvalue weighted by Crippen LogP contribution is -2.11. The van der Waals surface area contributed by atoms with Crippen LogP contribution < -0.4 is 4.74 Å². The predicted octanol–water partition coefficient (Wildman–Crippen LogP) is 2.50. The number of phenols is 2. The second-order valence-electron chi connectivity index (χ2n) is 3.87. The summed E-state index contributed by atoms with van der Waals surface area (Å²) in [6.07, 6.45) is 0. The summed E-state index contributed by atoms with van der Waals surface area (Å²) in [5.41, 5.74) is 0.0363. The zero-order valence-corrected chi connectivity index (χ0v) is 9.84. The number of hydrogen-bond acceptors (Lipinski definition) is 4. The van der Waals surface area contributed by atoms with Crippen molar-refractivity contribution in [2.24, 2.45) is 0 Å². The SMILES string of the molecule is O=C(COc1cccc(F)c1)c1ccc(O)cc1O. The monoisotopic (exact) mass is 262 g/mol. The van der Waals surface area contributed by atoms with E-state index in [1.165, 1.54) is 30.3 Å². The molecule has 0 unspecified atom stereocenters. The number of carbonyl (C=O) groups is 1. The van der Waals surface area contributed by atoms with Crippen LogP contribution in [0.4, 0.5) is 4.39 Å². The predicted molar refractivity (Wildman–Crippen MR) is 66.0 cm³/mol. The fourth-order valence-electron chi connectivity index (χ4n) is 1.54. The van der Waals surface area contributed by atoms with Crippen molar-refractivity contribution < 1.29 is 24.1 Å². The van der Waals surface area contributed by atoms with Crippen LogP contribution in [0.3, 0.4) is 0 Å². The van der Waals surface area contributed by atoms with E-state index >= 15 is 0 Å². The molecule has 0 aliphatic rings. The summed E-state index contributed by atoms with van der Waals surface area (Å²) in [5, 5.41) is 18.6. The molecule has 98 valence electrons. The molecule has 0 atom stereocenters. The van der Waals surface area contributed by atoms with Gasteiger partial charge in [-0.15, -0.1) is 0 Å². The third-order valence-electron chi connectivity index (χ3n) is 2.45. The van der Waals surface area contributed by atoms with Gasteiger partial charge in [0, 0.05) is 12.1 Å². The van der Waals surface area contributed by atoms with Gasteiger partial charge in [-0.2, -0.15) is 0 Å². The highest BCUT2D eigenvalue weighted by molar-refractivity contribution is 5.99. The van der Waals surface area contributed by atoms with E-state index in [4.69, 9.17) is 9.84 Å². The van der Waals surface area contributed by atoms with Crippen molar-refractivity contribution in [2.75, 3.05) is 6.61 Å². The highest BCUT2D eigenvalue weighted by Crippen LogP contribution is 2.23. The molecular formula is C14H11FO4. The van der Waals surface area contributed by atoms with Gasteiger partial charge >= 0.3 is 0 Å². The Morgan fingerprint density at radius 2 is 1.95 bits per heavy atom. The Bertz CT molecular complexity index is 610. The molecule has 0 fully saturated rings. The Balaban J connectivity index is 2.05. The number of aromatic hydroxyl groups is 2. The summed E-state index contributed by atoms with van der Waals surface area (Å²) in [6, 6.07) is 9.05. The van der Waals surface area contributed by atoms with Crippen LogP contribution in [0.15, 0.2) is 42.5 Å². The minimum atomic E-state index is -0.471. The van der Waals surface area contributed by atoms with Gasteiger partial charge in [-0.1, -0.05) is 6.07 Å². The van der Waals surface area contributed by atoms with Gasteiger partial charge in [0.2, 0.25) is 5.78 Å². The van der Waals surface area contributed by atoms with Crippen LogP contribution in [-0.4, -0.2) is 22.6 Å². The fraction of sp³-hybridized carbons (Fsp3) is 0.0714. The van der Waals surface area contributed by atoms with E-state index in [1.54, 1.807) is 0 Å². The third-order valence-corrected chi connectivity index (χ3v) is 2.45. The number of carbonyl (C=O) groups excluding carboxylic acids is 1. The van der Waals surface area contributed by atoms with E-state index in [9.17, 15) is 14.3 Å². The minimum absolute atomic E-state index is 0.0363. The van der Waals surface area contributed by atoms with Gasteiger partial charge in [0.1, 0.15) is 23.1 Å². The van der Waals surface area contributed by atoms with Gasteiger partial charge in [-0.25, -0.2) is 4.39 Å². The summed E-state index contributed by atoms with van der Waals surface area (Å²) in [7, 11) is 0.